The minimum atomic E-state index is -0.502. The van der Waals surface area contributed by atoms with Gasteiger partial charge >= 0.3 is 5.97 Å². The van der Waals surface area contributed by atoms with Gasteiger partial charge in [-0.15, -0.1) is 0 Å². The van der Waals surface area contributed by atoms with Crippen molar-refractivity contribution in [2.24, 2.45) is 11.1 Å². The third-order valence-electron chi connectivity index (χ3n) is 8.46. The van der Waals surface area contributed by atoms with E-state index < -0.39 is 5.97 Å². The Morgan fingerprint density at radius 3 is 2.34 bits per heavy atom. The molecule has 0 aromatic heterocycles. The maximum atomic E-state index is 12.7. The Morgan fingerprint density at radius 2 is 1.68 bits per heavy atom. The summed E-state index contributed by atoms with van der Waals surface area (Å²) in [5, 5.41) is 4.50. The fourth-order valence-corrected chi connectivity index (χ4v) is 6.45. The molecule has 0 saturated heterocycles. The Balaban J connectivity index is 1.78. The van der Waals surface area contributed by atoms with Crippen LogP contribution in [-0.4, -0.2) is 11.7 Å². The highest BCUT2D eigenvalue weighted by Gasteiger charge is 2.42. The number of carbonyl (C=O) groups is 1. The molecule has 0 heterocycles. The van der Waals surface area contributed by atoms with E-state index in [9.17, 15) is 4.79 Å². The van der Waals surface area contributed by atoms with E-state index >= 15 is 0 Å². The lowest BCUT2D eigenvalue weighted by Gasteiger charge is -2.33. The SMILES string of the molecule is C=C/C=C(\C=C)C(=O)O/N=C(\CC1CCCC1)c1ccc2c(c1)C(CCCC)(CCCC)c1ccccc1-2. The molecular weight excluding hydrogens is 466 g/mol. The number of carbonyl (C=O) groups excluding carboxylic acids is 1. The van der Waals surface area contributed by atoms with Gasteiger partial charge in [0.1, 0.15) is 0 Å². The fourth-order valence-electron chi connectivity index (χ4n) is 6.45. The van der Waals surface area contributed by atoms with E-state index in [4.69, 9.17) is 4.84 Å². The van der Waals surface area contributed by atoms with Crippen LogP contribution in [0.2, 0.25) is 0 Å². The molecule has 1 saturated carbocycles. The molecule has 0 radical (unpaired) electrons. The van der Waals surface area contributed by atoms with Crippen molar-refractivity contribution in [3.63, 3.8) is 0 Å². The predicted octanol–water partition coefficient (Wildman–Crippen LogP) is 9.46. The first-order valence-electron chi connectivity index (χ1n) is 14.6. The zero-order chi connectivity index (χ0) is 27.0. The molecule has 2 aromatic rings. The fraction of sp³-hybridized carbons (Fsp3) is 0.429. The van der Waals surface area contributed by atoms with Crippen LogP contribution in [0.15, 0.2) is 84.6 Å². The molecular formula is C35H43NO2. The van der Waals surface area contributed by atoms with E-state index in [0.29, 0.717) is 11.5 Å². The van der Waals surface area contributed by atoms with Crippen LogP contribution in [0.4, 0.5) is 0 Å². The van der Waals surface area contributed by atoms with Gasteiger partial charge in [0, 0.05) is 5.41 Å². The Hall–Kier alpha value is -3.20. The first-order valence-corrected chi connectivity index (χ1v) is 14.6. The number of unbranched alkanes of at least 4 members (excludes halogenated alkanes) is 2. The number of rotatable bonds is 13. The van der Waals surface area contributed by atoms with E-state index in [2.05, 4.69) is 74.6 Å². The van der Waals surface area contributed by atoms with Crippen molar-refractivity contribution in [3.8, 4) is 11.1 Å². The number of allylic oxidation sites excluding steroid dienone is 2. The van der Waals surface area contributed by atoms with Crippen molar-refractivity contribution in [1.82, 2.24) is 0 Å². The summed E-state index contributed by atoms with van der Waals surface area (Å²) in [5.41, 5.74) is 7.91. The van der Waals surface area contributed by atoms with Crippen molar-refractivity contribution >= 4 is 11.7 Å². The van der Waals surface area contributed by atoms with Crippen LogP contribution in [0.1, 0.15) is 101 Å². The van der Waals surface area contributed by atoms with Crippen LogP contribution >= 0.6 is 0 Å². The molecule has 0 N–H and O–H groups in total. The minimum absolute atomic E-state index is 0.0197. The molecule has 1 fully saturated rings. The third kappa shape index (κ3) is 5.77. The number of hydrogen-bond acceptors (Lipinski definition) is 3. The lowest BCUT2D eigenvalue weighted by atomic mass is 9.70. The molecule has 200 valence electrons. The molecule has 38 heavy (non-hydrogen) atoms. The predicted molar refractivity (Wildman–Crippen MR) is 159 cm³/mol. The topological polar surface area (TPSA) is 38.7 Å². The highest BCUT2D eigenvalue weighted by molar-refractivity contribution is 6.02. The second kappa shape index (κ2) is 13.0. The monoisotopic (exact) mass is 509 g/mol. The maximum Gasteiger partial charge on any atom is 0.365 e. The second-order valence-electron chi connectivity index (χ2n) is 10.9. The largest absolute Gasteiger partial charge is 0.365 e. The van der Waals surface area contributed by atoms with E-state index in [0.717, 1.165) is 30.5 Å². The van der Waals surface area contributed by atoms with Crippen LogP contribution in [0.5, 0.6) is 0 Å². The molecule has 4 rings (SSSR count). The van der Waals surface area contributed by atoms with E-state index in [1.54, 1.807) is 12.2 Å². The lowest BCUT2D eigenvalue weighted by molar-refractivity contribution is -0.138. The van der Waals surface area contributed by atoms with Crippen LogP contribution in [0.25, 0.3) is 11.1 Å². The Bertz CT molecular complexity index is 1200. The van der Waals surface area contributed by atoms with Gasteiger partial charge in [0.25, 0.3) is 0 Å². The minimum Gasteiger partial charge on any atom is -0.313 e. The summed E-state index contributed by atoms with van der Waals surface area (Å²) in [5.74, 6) is 0.0723. The summed E-state index contributed by atoms with van der Waals surface area (Å²) in [6, 6.07) is 15.8. The number of nitrogens with zero attached hydrogens (tertiary/aromatic N) is 1. The van der Waals surface area contributed by atoms with Gasteiger partial charge in [0.15, 0.2) is 0 Å². The van der Waals surface area contributed by atoms with Crippen LogP contribution in [0, 0.1) is 5.92 Å². The number of fused-ring (bicyclic) bond motifs is 3. The summed E-state index contributed by atoms with van der Waals surface area (Å²) in [4.78, 5) is 18.2. The smallest absolute Gasteiger partial charge is 0.313 e. The van der Waals surface area contributed by atoms with E-state index in [1.165, 1.54) is 79.7 Å². The lowest BCUT2D eigenvalue weighted by Crippen LogP contribution is -2.26. The summed E-state index contributed by atoms with van der Waals surface area (Å²) >= 11 is 0. The summed E-state index contributed by atoms with van der Waals surface area (Å²) in [6.07, 6.45) is 17.4. The average molecular weight is 510 g/mol. The summed E-state index contributed by atoms with van der Waals surface area (Å²) in [6.45, 7) is 12.0. The van der Waals surface area contributed by atoms with Crippen molar-refractivity contribution in [2.75, 3.05) is 0 Å². The molecule has 0 aliphatic heterocycles. The summed E-state index contributed by atoms with van der Waals surface area (Å²) < 4.78 is 0. The van der Waals surface area contributed by atoms with E-state index in [1.807, 2.05) is 0 Å². The number of benzene rings is 2. The van der Waals surface area contributed by atoms with Gasteiger partial charge in [-0.2, -0.15) is 0 Å². The van der Waals surface area contributed by atoms with Gasteiger partial charge in [-0.1, -0.05) is 132 Å². The zero-order valence-corrected chi connectivity index (χ0v) is 23.3. The first-order chi connectivity index (χ1) is 18.6. The molecule has 0 bridgehead atoms. The molecule has 0 unspecified atom stereocenters. The molecule has 0 spiro atoms. The highest BCUT2D eigenvalue weighted by atomic mass is 16.7. The molecule has 3 heteroatoms. The standard InChI is InChI=1S/C35H43NO2/c1-5-9-22-35(23-10-6-2)31-19-14-13-18-29(31)30-21-20-28(25-32(30)35)33(24-26-16-11-12-17-26)36-38-34(37)27(8-4)15-7-3/h7-8,13-15,18-21,25-26H,3-6,9-12,16-17,22-24H2,1-2H3/b27-15+,36-33+. The molecule has 0 amide bonds. The Morgan fingerprint density at radius 1 is 1.00 bits per heavy atom. The average Bonchev–Trinajstić information content (AvgIpc) is 3.56. The molecule has 2 aromatic carbocycles. The molecule has 2 aliphatic carbocycles. The van der Waals surface area contributed by atoms with Crippen molar-refractivity contribution in [3.05, 3.63) is 96.1 Å². The Kier molecular flexibility index (Phi) is 9.55. The summed E-state index contributed by atoms with van der Waals surface area (Å²) in [7, 11) is 0. The molecule has 2 aliphatic rings. The van der Waals surface area contributed by atoms with Gasteiger partial charge < -0.3 is 4.84 Å². The third-order valence-corrected chi connectivity index (χ3v) is 8.46. The number of oxime groups is 1. The van der Waals surface area contributed by atoms with Gasteiger partial charge in [0.05, 0.1) is 11.3 Å². The van der Waals surface area contributed by atoms with Gasteiger partial charge in [0.2, 0.25) is 0 Å². The normalized spacial score (nSPS) is 16.7. The van der Waals surface area contributed by atoms with Crippen LogP contribution < -0.4 is 0 Å². The van der Waals surface area contributed by atoms with Gasteiger partial charge in [-0.05, 0) is 65.1 Å². The second-order valence-corrected chi connectivity index (χ2v) is 10.9. The zero-order valence-electron chi connectivity index (χ0n) is 23.3. The van der Waals surface area contributed by atoms with Crippen molar-refractivity contribution in [1.29, 1.82) is 0 Å². The van der Waals surface area contributed by atoms with Gasteiger partial charge in [-0.3, -0.25) is 0 Å². The Labute approximate surface area is 229 Å². The molecule has 0 atom stereocenters. The molecule has 3 nitrogen and oxygen atoms in total. The van der Waals surface area contributed by atoms with Gasteiger partial charge in [-0.25, -0.2) is 4.79 Å². The van der Waals surface area contributed by atoms with Crippen molar-refractivity contribution in [2.45, 2.75) is 89.9 Å². The van der Waals surface area contributed by atoms with E-state index in [-0.39, 0.29) is 5.41 Å². The quantitative estimate of drug-likeness (QED) is 0.0886. The van der Waals surface area contributed by atoms with Crippen LogP contribution in [0.3, 0.4) is 0 Å². The maximum absolute atomic E-state index is 12.7. The number of hydrogen-bond donors (Lipinski definition) is 0. The first kappa shape index (κ1) is 27.8. The van der Waals surface area contributed by atoms with Crippen molar-refractivity contribution < 1.29 is 9.63 Å². The highest BCUT2D eigenvalue weighted by Crippen LogP contribution is 2.54. The van der Waals surface area contributed by atoms with Crippen LogP contribution in [-0.2, 0) is 15.0 Å².